The Morgan fingerprint density at radius 2 is 1.81 bits per heavy atom. The molecule has 2 unspecified atom stereocenters. The molecule has 1 N–H and O–H groups in total. The molecule has 1 aromatic rings. The maximum atomic E-state index is 12.4. The Hall–Kier alpha value is -2.37. The van der Waals surface area contributed by atoms with Gasteiger partial charge in [-0.2, -0.15) is 0 Å². The molecule has 3 rings (SSSR count). The first-order valence-electron chi connectivity index (χ1n) is 6.67. The molecule has 1 aliphatic heterocycles. The minimum absolute atomic E-state index is 0.223. The van der Waals surface area contributed by atoms with Crippen molar-refractivity contribution in [1.82, 2.24) is 0 Å². The number of amides is 2. The van der Waals surface area contributed by atoms with Crippen LogP contribution in [0.4, 0.5) is 5.69 Å². The van der Waals surface area contributed by atoms with Crippen LogP contribution in [0.25, 0.3) is 0 Å². The molecule has 2 aliphatic rings. The number of aliphatic carboxylic acids is 1. The summed E-state index contributed by atoms with van der Waals surface area (Å²) in [4.78, 5) is 36.5. The van der Waals surface area contributed by atoms with Gasteiger partial charge in [-0.25, -0.2) is 9.69 Å². The first kappa shape index (κ1) is 13.6. The first-order valence-corrected chi connectivity index (χ1v) is 6.67. The number of nitrogens with zero attached hydrogens (tertiary/aromatic N) is 1. The number of carboxylic acids is 1. The number of carbonyl (C=O) groups is 3. The summed E-state index contributed by atoms with van der Waals surface area (Å²) >= 11 is 0. The van der Waals surface area contributed by atoms with Crippen molar-refractivity contribution in [3.8, 4) is 5.75 Å². The Balaban J connectivity index is 1.90. The summed E-state index contributed by atoms with van der Waals surface area (Å²) in [6, 6.07) is 6.48. The van der Waals surface area contributed by atoms with Gasteiger partial charge >= 0.3 is 5.97 Å². The Morgan fingerprint density at radius 3 is 2.38 bits per heavy atom. The number of piperidine rings is 1. The van der Waals surface area contributed by atoms with E-state index < -0.39 is 12.6 Å². The molecule has 2 amide bonds. The lowest BCUT2D eigenvalue weighted by molar-refractivity contribution is -0.139. The topological polar surface area (TPSA) is 83.9 Å². The summed E-state index contributed by atoms with van der Waals surface area (Å²) in [6.45, 7) is 3.29. The van der Waals surface area contributed by atoms with Gasteiger partial charge in [-0.1, -0.05) is 26.0 Å². The van der Waals surface area contributed by atoms with Gasteiger partial charge in [0.05, 0.1) is 17.5 Å². The average molecular weight is 289 g/mol. The SMILES string of the molecule is CC1(C)C2C(=O)N(c3ccccc3OCC(=O)O)C(=O)C21. The molecule has 2 atom stereocenters. The highest BCUT2D eigenvalue weighted by Gasteiger charge is 2.72. The third-order valence-corrected chi connectivity index (χ3v) is 4.26. The van der Waals surface area contributed by atoms with Crippen molar-refractivity contribution in [3.05, 3.63) is 24.3 Å². The molecule has 1 saturated heterocycles. The van der Waals surface area contributed by atoms with Crippen molar-refractivity contribution in [1.29, 1.82) is 0 Å². The maximum Gasteiger partial charge on any atom is 0.341 e. The molecular weight excluding hydrogens is 274 g/mol. The van der Waals surface area contributed by atoms with E-state index in [-0.39, 0.29) is 34.8 Å². The van der Waals surface area contributed by atoms with Crippen LogP contribution in [0.5, 0.6) is 5.75 Å². The Morgan fingerprint density at radius 1 is 1.24 bits per heavy atom. The van der Waals surface area contributed by atoms with Crippen molar-refractivity contribution >= 4 is 23.5 Å². The monoisotopic (exact) mass is 289 g/mol. The van der Waals surface area contributed by atoms with Gasteiger partial charge in [0.2, 0.25) is 11.8 Å². The Bertz CT molecular complexity index is 627. The summed E-state index contributed by atoms with van der Waals surface area (Å²) in [5.41, 5.74) is 0.0402. The number of para-hydroxylation sites is 2. The molecule has 110 valence electrons. The fourth-order valence-electron chi connectivity index (χ4n) is 3.09. The van der Waals surface area contributed by atoms with Crippen LogP contribution < -0.4 is 9.64 Å². The highest BCUT2D eigenvalue weighted by atomic mass is 16.5. The number of rotatable bonds is 4. The van der Waals surface area contributed by atoms with Gasteiger partial charge in [0.1, 0.15) is 5.75 Å². The second-order valence-electron chi connectivity index (χ2n) is 5.94. The van der Waals surface area contributed by atoms with Crippen molar-refractivity contribution in [2.75, 3.05) is 11.5 Å². The largest absolute Gasteiger partial charge is 0.480 e. The molecular formula is C15H15NO5. The van der Waals surface area contributed by atoms with Crippen molar-refractivity contribution in [3.63, 3.8) is 0 Å². The minimum atomic E-state index is -1.12. The molecule has 1 heterocycles. The van der Waals surface area contributed by atoms with Crippen molar-refractivity contribution in [2.24, 2.45) is 17.3 Å². The average Bonchev–Trinajstić information content (AvgIpc) is 2.88. The maximum absolute atomic E-state index is 12.4. The molecule has 0 radical (unpaired) electrons. The summed E-state index contributed by atoms with van der Waals surface area (Å²) < 4.78 is 5.16. The molecule has 1 saturated carbocycles. The number of fused-ring (bicyclic) bond motifs is 1. The Labute approximate surface area is 121 Å². The van der Waals surface area contributed by atoms with Gasteiger partial charge in [0.25, 0.3) is 0 Å². The zero-order valence-electron chi connectivity index (χ0n) is 11.7. The van der Waals surface area contributed by atoms with Gasteiger partial charge in [0.15, 0.2) is 6.61 Å². The summed E-state index contributed by atoms with van der Waals surface area (Å²) in [5.74, 6) is -1.92. The third-order valence-electron chi connectivity index (χ3n) is 4.26. The minimum Gasteiger partial charge on any atom is -0.480 e. The van der Waals surface area contributed by atoms with Gasteiger partial charge in [-0.15, -0.1) is 0 Å². The number of imide groups is 1. The number of benzene rings is 1. The van der Waals surface area contributed by atoms with Gasteiger partial charge in [-0.3, -0.25) is 9.59 Å². The van der Waals surface area contributed by atoms with E-state index in [1.165, 1.54) is 0 Å². The molecule has 1 aliphatic carbocycles. The lowest BCUT2D eigenvalue weighted by Gasteiger charge is -2.22. The highest BCUT2D eigenvalue weighted by Crippen LogP contribution is 2.64. The molecule has 0 spiro atoms. The third kappa shape index (κ3) is 1.90. The normalized spacial score (nSPS) is 25.7. The molecule has 21 heavy (non-hydrogen) atoms. The predicted octanol–water partition coefficient (Wildman–Crippen LogP) is 1.30. The number of carboxylic acid groups (broad SMARTS) is 1. The fourth-order valence-corrected chi connectivity index (χ4v) is 3.09. The smallest absolute Gasteiger partial charge is 0.341 e. The standard InChI is InChI=1S/C15H15NO5/c1-15(2)11-12(15)14(20)16(13(11)19)8-5-3-4-6-9(8)21-7-10(17)18/h3-6,11-12H,7H2,1-2H3,(H,17,18). The van der Waals surface area contributed by atoms with Crippen LogP contribution >= 0.6 is 0 Å². The van der Waals surface area contributed by atoms with Crippen LogP contribution in [0.2, 0.25) is 0 Å². The van der Waals surface area contributed by atoms with E-state index in [1.807, 2.05) is 13.8 Å². The molecule has 0 bridgehead atoms. The number of hydrogen-bond acceptors (Lipinski definition) is 4. The van der Waals surface area contributed by atoms with E-state index in [0.717, 1.165) is 4.90 Å². The van der Waals surface area contributed by atoms with E-state index in [2.05, 4.69) is 0 Å². The van der Waals surface area contributed by atoms with Gasteiger partial charge in [0, 0.05) is 0 Å². The van der Waals surface area contributed by atoms with Crippen LogP contribution in [0.3, 0.4) is 0 Å². The van der Waals surface area contributed by atoms with Crippen LogP contribution in [-0.4, -0.2) is 29.5 Å². The fraction of sp³-hybridized carbons (Fsp3) is 0.400. The lowest BCUT2D eigenvalue weighted by atomic mass is 10.1. The first-order chi connectivity index (χ1) is 9.85. The number of hydrogen-bond donors (Lipinski definition) is 1. The lowest BCUT2D eigenvalue weighted by Crippen LogP contribution is -2.36. The number of anilines is 1. The summed E-state index contributed by atoms with van der Waals surface area (Å²) in [6.07, 6.45) is 0. The summed E-state index contributed by atoms with van der Waals surface area (Å²) in [5, 5.41) is 8.68. The molecule has 2 fully saturated rings. The predicted molar refractivity (Wildman–Crippen MR) is 72.8 cm³/mol. The molecule has 6 heteroatoms. The van der Waals surface area contributed by atoms with Crippen molar-refractivity contribution in [2.45, 2.75) is 13.8 Å². The second-order valence-corrected chi connectivity index (χ2v) is 5.94. The highest BCUT2D eigenvalue weighted by molar-refractivity contribution is 6.26. The van der Waals surface area contributed by atoms with Crippen LogP contribution in [0.15, 0.2) is 24.3 Å². The van der Waals surface area contributed by atoms with E-state index in [1.54, 1.807) is 24.3 Å². The van der Waals surface area contributed by atoms with E-state index in [0.29, 0.717) is 5.69 Å². The number of ether oxygens (including phenoxy) is 1. The molecule has 0 aromatic heterocycles. The zero-order valence-corrected chi connectivity index (χ0v) is 11.7. The van der Waals surface area contributed by atoms with Crippen LogP contribution in [-0.2, 0) is 14.4 Å². The van der Waals surface area contributed by atoms with Gasteiger partial charge in [-0.05, 0) is 17.5 Å². The second kappa shape index (κ2) is 4.31. The van der Waals surface area contributed by atoms with E-state index in [9.17, 15) is 14.4 Å². The zero-order chi connectivity index (χ0) is 15.4. The Kier molecular flexibility index (Phi) is 2.79. The van der Waals surface area contributed by atoms with E-state index >= 15 is 0 Å². The number of carbonyl (C=O) groups excluding carboxylic acids is 2. The molecule has 6 nitrogen and oxygen atoms in total. The quantitative estimate of drug-likeness (QED) is 0.844. The van der Waals surface area contributed by atoms with Crippen LogP contribution in [0.1, 0.15) is 13.8 Å². The van der Waals surface area contributed by atoms with Crippen molar-refractivity contribution < 1.29 is 24.2 Å². The van der Waals surface area contributed by atoms with Crippen LogP contribution in [0, 0.1) is 17.3 Å². The van der Waals surface area contributed by atoms with Gasteiger partial charge < -0.3 is 9.84 Å². The molecule has 1 aromatic carbocycles. The summed E-state index contributed by atoms with van der Waals surface area (Å²) in [7, 11) is 0. The van der Waals surface area contributed by atoms with E-state index in [4.69, 9.17) is 9.84 Å².